The first-order valence-electron chi connectivity index (χ1n) is 6.45. The van der Waals surface area contributed by atoms with Crippen molar-refractivity contribution in [1.82, 2.24) is 4.90 Å². The van der Waals surface area contributed by atoms with Crippen LogP contribution in [0.5, 0.6) is 0 Å². The van der Waals surface area contributed by atoms with Crippen molar-refractivity contribution in [1.29, 1.82) is 5.26 Å². The summed E-state index contributed by atoms with van der Waals surface area (Å²) in [7, 11) is 0. The molecule has 1 aliphatic rings. The second kappa shape index (κ2) is 5.85. The van der Waals surface area contributed by atoms with Gasteiger partial charge in [-0.1, -0.05) is 23.8 Å². The molecule has 1 amide bonds. The Morgan fingerprint density at radius 1 is 1.53 bits per heavy atom. The van der Waals surface area contributed by atoms with E-state index in [0.717, 1.165) is 16.7 Å². The van der Waals surface area contributed by atoms with Gasteiger partial charge < -0.3 is 9.64 Å². The summed E-state index contributed by atoms with van der Waals surface area (Å²) in [6.45, 7) is 5.42. The Hall–Kier alpha value is -1.86. The minimum absolute atomic E-state index is 0.0669. The molecule has 19 heavy (non-hydrogen) atoms. The zero-order valence-electron chi connectivity index (χ0n) is 11.3. The zero-order chi connectivity index (χ0) is 13.8. The summed E-state index contributed by atoms with van der Waals surface area (Å²) in [5.74, 6) is 0.0669. The topological polar surface area (TPSA) is 53.3 Å². The van der Waals surface area contributed by atoms with Crippen LogP contribution >= 0.6 is 0 Å². The maximum Gasteiger partial charge on any atom is 0.227 e. The number of hydrogen-bond acceptors (Lipinski definition) is 3. The molecule has 1 fully saturated rings. The molecule has 1 aromatic carbocycles. The Morgan fingerprint density at radius 2 is 2.32 bits per heavy atom. The van der Waals surface area contributed by atoms with E-state index in [0.29, 0.717) is 26.1 Å². The first kappa shape index (κ1) is 13.6. The molecule has 0 saturated carbocycles. The number of rotatable bonds is 2. The van der Waals surface area contributed by atoms with E-state index in [1.807, 2.05) is 26.0 Å². The molecule has 0 bridgehead atoms. The Labute approximate surface area is 113 Å². The molecule has 1 atom stereocenters. The lowest BCUT2D eigenvalue weighted by Gasteiger charge is -2.30. The highest BCUT2D eigenvalue weighted by Gasteiger charge is 2.24. The van der Waals surface area contributed by atoms with Crippen molar-refractivity contribution in [3.63, 3.8) is 0 Å². The van der Waals surface area contributed by atoms with Crippen molar-refractivity contribution < 1.29 is 9.53 Å². The average Bonchev–Trinajstić information content (AvgIpc) is 2.43. The van der Waals surface area contributed by atoms with Crippen LogP contribution in [0.1, 0.15) is 16.7 Å². The van der Waals surface area contributed by atoms with Crippen LogP contribution < -0.4 is 0 Å². The van der Waals surface area contributed by atoms with Crippen LogP contribution in [0.25, 0.3) is 0 Å². The normalized spacial score (nSPS) is 19.0. The van der Waals surface area contributed by atoms with E-state index in [1.165, 1.54) is 0 Å². The number of carbonyl (C=O) groups is 1. The first-order valence-corrected chi connectivity index (χ1v) is 6.45. The molecular formula is C15H18N2O2. The highest BCUT2D eigenvalue weighted by atomic mass is 16.5. The molecule has 100 valence electrons. The average molecular weight is 258 g/mol. The van der Waals surface area contributed by atoms with Crippen molar-refractivity contribution in [3.8, 4) is 6.07 Å². The van der Waals surface area contributed by atoms with E-state index in [1.54, 1.807) is 4.90 Å². The van der Waals surface area contributed by atoms with Crippen LogP contribution in [0.2, 0.25) is 0 Å². The molecule has 0 aliphatic carbocycles. The Bertz CT molecular complexity index is 519. The lowest BCUT2D eigenvalue weighted by molar-refractivity contribution is -0.136. The monoisotopic (exact) mass is 258 g/mol. The summed E-state index contributed by atoms with van der Waals surface area (Å²) in [6, 6.07) is 8.19. The second-order valence-corrected chi connectivity index (χ2v) is 4.94. The summed E-state index contributed by atoms with van der Waals surface area (Å²) in [5.41, 5.74) is 3.35. The summed E-state index contributed by atoms with van der Waals surface area (Å²) >= 11 is 0. The molecule has 0 N–H and O–H groups in total. The van der Waals surface area contributed by atoms with E-state index < -0.39 is 6.10 Å². The number of aryl methyl sites for hydroxylation is 2. The Morgan fingerprint density at radius 3 is 3.05 bits per heavy atom. The fourth-order valence-electron chi connectivity index (χ4n) is 2.22. The van der Waals surface area contributed by atoms with E-state index in [2.05, 4.69) is 12.1 Å². The summed E-state index contributed by atoms with van der Waals surface area (Å²) in [4.78, 5) is 14.0. The SMILES string of the molecule is Cc1ccc(C)c(CC(=O)N2CCOC(C#N)C2)c1. The van der Waals surface area contributed by atoms with Crippen LogP contribution in [0.3, 0.4) is 0 Å². The van der Waals surface area contributed by atoms with Crippen molar-refractivity contribution in [2.24, 2.45) is 0 Å². The van der Waals surface area contributed by atoms with E-state index in [9.17, 15) is 4.79 Å². The van der Waals surface area contributed by atoms with Crippen LogP contribution in [0.4, 0.5) is 0 Å². The molecule has 1 heterocycles. The van der Waals surface area contributed by atoms with E-state index in [4.69, 9.17) is 10.00 Å². The van der Waals surface area contributed by atoms with Crippen LogP contribution in [0, 0.1) is 25.2 Å². The van der Waals surface area contributed by atoms with Gasteiger partial charge in [-0.15, -0.1) is 0 Å². The van der Waals surface area contributed by atoms with E-state index >= 15 is 0 Å². The van der Waals surface area contributed by atoms with Crippen molar-refractivity contribution >= 4 is 5.91 Å². The fraction of sp³-hybridized carbons (Fsp3) is 0.467. The van der Waals surface area contributed by atoms with Crippen LogP contribution in [-0.4, -0.2) is 36.6 Å². The first-order chi connectivity index (χ1) is 9.10. The maximum atomic E-state index is 12.3. The predicted octanol–water partition coefficient (Wildman–Crippen LogP) is 1.60. The van der Waals surface area contributed by atoms with Crippen molar-refractivity contribution in [2.75, 3.05) is 19.7 Å². The zero-order valence-corrected chi connectivity index (χ0v) is 11.3. The number of carbonyl (C=O) groups excluding carboxylic acids is 1. The number of ether oxygens (including phenoxy) is 1. The second-order valence-electron chi connectivity index (χ2n) is 4.94. The minimum Gasteiger partial charge on any atom is -0.360 e. The standard InChI is InChI=1S/C15H18N2O2/c1-11-3-4-12(2)13(7-11)8-15(18)17-5-6-19-14(9-16)10-17/h3-4,7,14H,5-6,8,10H2,1-2H3. The molecule has 1 aromatic rings. The number of nitriles is 1. The van der Waals surface area contributed by atoms with Gasteiger partial charge in [-0.2, -0.15) is 5.26 Å². The molecule has 0 aromatic heterocycles. The smallest absolute Gasteiger partial charge is 0.227 e. The van der Waals surface area contributed by atoms with Gasteiger partial charge in [-0.05, 0) is 25.0 Å². The number of nitrogens with zero attached hydrogens (tertiary/aromatic N) is 2. The molecular weight excluding hydrogens is 240 g/mol. The molecule has 0 spiro atoms. The highest BCUT2D eigenvalue weighted by Crippen LogP contribution is 2.14. The van der Waals surface area contributed by atoms with Gasteiger partial charge in [0.1, 0.15) is 0 Å². The number of morpholine rings is 1. The summed E-state index contributed by atoms with van der Waals surface area (Å²) < 4.78 is 5.25. The third-order valence-corrected chi connectivity index (χ3v) is 3.41. The maximum absolute atomic E-state index is 12.3. The lowest BCUT2D eigenvalue weighted by Crippen LogP contribution is -2.45. The number of hydrogen-bond donors (Lipinski definition) is 0. The number of amides is 1. The van der Waals surface area contributed by atoms with Gasteiger partial charge in [0.05, 0.1) is 25.6 Å². The quantitative estimate of drug-likeness (QED) is 0.809. The van der Waals surface area contributed by atoms with E-state index in [-0.39, 0.29) is 5.91 Å². The minimum atomic E-state index is -0.490. The third-order valence-electron chi connectivity index (χ3n) is 3.41. The van der Waals surface area contributed by atoms with Gasteiger partial charge in [0.15, 0.2) is 6.10 Å². The molecule has 1 aliphatic heterocycles. The Kier molecular flexibility index (Phi) is 4.18. The molecule has 2 rings (SSSR count). The highest BCUT2D eigenvalue weighted by molar-refractivity contribution is 5.79. The number of benzene rings is 1. The van der Waals surface area contributed by atoms with Gasteiger partial charge in [0, 0.05) is 6.54 Å². The fourth-order valence-corrected chi connectivity index (χ4v) is 2.22. The largest absolute Gasteiger partial charge is 0.360 e. The molecule has 1 unspecified atom stereocenters. The van der Waals surface area contributed by atoms with Gasteiger partial charge in [-0.25, -0.2) is 0 Å². The Balaban J connectivity index is 2.04. The summed E-state index contributed by atoms with van der Waals surface area (Å²) in [5, 5.41) is 8.85. The molecule has 4 heteroatoms. The van der Waals surface area contributed by atoms with Gasteiger partial charge >= 0.3 is 0 Å². The third kappa shape index (κ3) is 3.33. The van der Waals surface area contributed by atoms with Gasteiger partial charge in [0.2, 0.25) is 5.91 Å². The molecule has 1 saturated heterocycles. The van der Waals surface area contributed by atoms with Gasteiger partial charge in [-0.3, -0.25) is 4.79 Å². The summed E-state index contributed by atoms with van der Waals surface area (Å²) in [6.07, 6.45) is -0.0950. The van der Waals surface area contributed by atoms with Crippen molar-refractivity contribution in [2.45, 2.75) is 26.4 Å². The lowest BCUT2D eigenvalue weighted by atomic mass is 10.0. The molecule has 4 nitrogen and oxygen atoms in total. The van der Waals surface area contributed by atoms with Gasteiger partial charge in [0.25, 0.3) is 0 Å². The van der Waals surface area contributed by atoms with Crippen molar-refractivity contribution in [3.05, 3.63) is 34.9 Å². The predicted molar refractivity (Wildman–Crippen MR) is 71.6 cm³/mol. The van der Waals surface area contributed by atoms with Crippen LogP contribution in [-0.2, 0) is 16.0 Å². The molecule has 0 radical (unpaired) electrons. The van der Waals surface area contributed by atoms with Crippen LogP contribution in [0.15, 0.2) is 18.2 Å².